The van der Waals surface area contributed by atoms with Gasteiger partial charge in [-0.2, -0.15) is 10.9 Å². The summed E-state index contributed by atoms with van der Waals surface area (Å²) in [6.07, 6.45) is 5.90. The van der Waals surface area contributed by atoms with Crippen molar-refractivity contribution in [2.24, 2.45) is 0 Å². The van der Waals surface area contributed by atoms with Gasteiger partial charge in [0.2, 0.25) is 0 Å². The molecule has 1 aliphatic rings. The largest absolute Gasteiger partial charge is 0.310 e. The highest BCUT2D eigenvalue weighted by atomic mass is 32.2. The molecule has 7 heteroatoms. The average Bonchev–Trinajstić information content (AvgIpc) is 1.68. The van der Waals surface area contributed by atoms with E-state index in [1.54, 1.807) is 11.3 Å². The highest BCUT2D eigenvalue weighted by Crippen LogP contribution is 2.66. The molecule has 0 saturated carbocycles. The maximum atomic E-state index is 5.45. The molecule has 0 radical (unpaired) electrons. The lowest BCUT2D eigenvalue weighted by atomic mass is 9.96. The highest BCUT2D eigenvalue weighted by Gasteiger charge is 2.34. The van der Waals surface area contributed by atoms with Gasteiger partial charge in [-0.1, -0.05) is 188 Å². The third-order valence-electron chi connectivity index (χ3n) is 17.4. The Kier molecular flexibility index (Phi) is 13.2. The topological polar surface area (TPSA) is 32.3 Å². The lowest BCUT2D eigenvalue weighted by Crippen LogP contribution is -2.12. The Hall–Kier alpha value is -10.7. The predicted octanol–water partition coefficient (Wildman–Crippen LogP) is 23.9. The third-order valence-corrected chi connectivity index (χ3v) is 22.1. The standard InChI is InChI=1S/C82H54N4S3/c1-4-15-54(16-5-1)56-27-36-62(37-28-56)85(66-44-46-76-72(52-66)68-21-10-12-24-74(68)87-76)63-42-33-59(34-43-63)67-48-50-84-82-81(67)70-22-11-13-25-78(70)89(82)79-26-14-23-73(80(79)60-19-8-3-9-20-60)86(64-38-29-57(30-39-64)55-17-6-2-7-18-55)65-40-31-58(32-41-65)61-35-45-75-71(51-61)69-47-49-83-53-77(69)88-75/h1-53,89H. The quantitative estimate of drug-likeness (QED) is 0.124. The zero-order chi connectivity index (χ0) is 58.8. The minimum Gasteiger partial charge on any atom is -0.310 e. The van der Waals surface area contributed by atoms with Gasteiger partial charge in [-0.25, -0.2) is 0 Å². The Morgan fingerprint density at radius 3 is 1.44 bits per heavy atom. The maximum Gasteiger partial charge on any atom is 0.0929 e. The van der Waals surface area contributed by atoms with Gasteiger partial charge in [0.15, 0.2) is 0 Å². The number of pyridine rings is 2. The van der Waals surface area contributed by atoms with Crippen molar-refractivity contribution < 1.29 is 0 Å². The molecule has 1 aliphatic heterocycles. The van der Waals surface area contributed by atoms with Crippen molar-refractivity contribution in [3.63, 3.8) is 0 Å². The minimum absolute atomic E-state index is 1.07. The fourth-order valence-electron chi connectivity index (χ4n) is 13.2. The maximum absolute atomic E-state index is 5.45. The van der Waals surface area contributed by atoms with Crippen molar-refractivity contribution in [2.75, 3.05) is 9.80 Å². The Morgan fingerprint density at radius 2 is 0.764 bits per heavy atom. The fourth-order valence-corrected chi connectivity index (χ4v) is 18.0. The summed E-state index contributed by atoms with van der Waals surface area (Å²) in [7, 11) is -1.16. The van der Waals surface area contributed by atoms with E-state index in [0.29, 0.717) is 0 Å². The van der Waals surface area contributed by atoms with E-state index < -0.39 is 10.9 Å². The summed E-state index contributed by atoms with van der Waals surface area (Å²) in [6.45, 7) is 0. The van der Waals surface area contributed by atoms with Crippen molar-refractivity contribution in [1.29, 1.82) is 0 Å². The first-order valence-electron chi connectivity index (χ1n) is 30.0. The molecule has 0 amide bonds. The minimum atomic E-state index is -1.16. The summed E-state index contributed by atoms with van der Waals surface area (Å²) in [6, 6.07) is 111. The number of nitrogens with zero attached hydrogens (tertiary/aromatic N) is 4. The second kappa shape index (κ2) is 22.2. The number of thiol groups is 1. The van der Waals surface area contributed by atoms with Crippen LogP contribution in [0.3, 0.4) is 0 Å². The number of hydrogen-bond donors (Lipinski definition) is 1. The second-order valence-electron chi connectivity index (χ2n) is 22.5. The highest BCUT2D eigenvalue weighted by molar-refractivity contribution is 8.17. The Bertz CT molecular complexity index is 5300. The van der Waals surface area contributed by atoms with Gasteiger partial charge in [0.1, 0.15) is 0 Å². The first-order valence-corrected chi connectivity index (χ1v) is 33.0. The zero-order valence-corrected chi connectivity index (χ0v) is 50.7. The molecule has 17 rings (SSSR count). The van der Waals surface area contributed by atoms with E-state index in [1.807, 2.05) is 29.9 Å². The zero-order valence-electron chi connectivity index (χ0n) is 48.2. The second-order valence-corrected chi connectivity index (χ2v) is 26.7. The molecule has 0 N–H and O–H groups in total. The van der Waals surface area contributed by atoms with Gasteiger partial charge in [-0.3, -0.25) is 9.97 Å². The van der Waals surface area contributed by atoms with Gasteiger partial charge in [0, 0.05) is 104 Å². The van der Waals surface area contributed by atoms with Crippen molar-refractivity contribution in [1.82, 2.24) is 9.97 Å². The molecule has 0 bridgehead atoms. The number of rotatable bonds is 12. The molecule has 4 nitrogen and oxygen atoms in total. The normalized spacial score (nSPS) is 13.0. The van der Waals surface area contributed by atoms with Crippen LogP contribution < -0.4 is 9.80 Å². The van der Waals surface area contributed by atoms with Crippen LogP contribution in [0, 0.1) is 0 Å². The first-order chi connectivity index (χ1) is 44.1. The van der Waals surface area contributed by atoms with Crippen LogP contribution in [0.1, 0.15) is 0 Å². The smallest absolute Gasteiger partial charge is 0.0929 e. The molecule has 420 valence electrons. The molecule has 4 aromatic heterocycles. The number of anilines is 6. The Balaban J connectivity index is 0.787. The Morgan fingerprint density at radius 1 is 0.281 bits per heavy atom. The summed E-state index contributed by atoms with van der Waals surface area (Å²) < 4.78 is 5.05. The summed E-state index contributed by atoms with van der Waals surface area (Å²) in [4.78, 5) is 17.3. The number of hydrogen-bond acceptors (Lipinski definition) is 6. The molecule has 1 atom stereocenters. The molecule has 16 aromatic rings. The van der Waals surface area contributed by atoms with Crippen LogP contribution in [0.25, 0.3) is 107 Å². The van der Waals surface area contributed by atoms with Crippen molar-refractivity contribution in [3.8, 4) is 66.8 Å². The molecule has 12 aromatic carbocycles. The third kappa shape index (κ3) is 9.38. The van der Waals surface area contributed by atoms with Crippen LogP contribution in [0.4, 0.5) is 34.1 Å². The summed E-state index contributed by atoms with van der Waals surface area (Å²) in [5, 5.41) is 6.17. The number of aromatic nitrogens is 2. The lowest BCUT2D eigenvalue weighted by Gasteiger charge is -2.31. The fraction of sp³-hybridized carbons (Fsp3) is 0. The van der Waals surface area contributed by atoms with Gasteiger partial charge < -0.3 is 9.80 Å². The Labute approximate surface area is 527 Å². The van der Waals surface area contributed by atoms with Crippen LogP contribution in [0.2, 0.25) is 0 Å². The van der Waals surface area contributed by atoms with Crippen LogP contribution in [0.15, 0.2) is 337 Å². The molecular weight excluding hydrogens is 1140 g/mol. The van der Waals surface area contributed by atoms with Gasteiger partial charge in [-0.05, 0) is 171 Å². The summed E-state index contributed by atoms with van der Waals surface area (Å²) in [5.74, 6) is 0. The van der Waals surface area contributed by atoms with Crippen LogP contribution in [-0.2, 0) is 0 Å². The summed E-state index contributed by atoms with van der Waals surface area (Å²) >= 11 is 3.65. The average molecular weight is 1190 g/mol. The van der Waals surface area contributed by atoms with Crippen LogP contribution >= 0.6 is 33.6 Å². The molecule has 0 spiro atoms. The van der Waals surface area contributed by atoms with E-state index in [1.165, 1.54) is 100 Å². The molecule has 5 heterocycles. The van der Waals surface area contributed by atoms with Crippen LogP contribution in [-0.4, -0.2) is 9.97 Å². The van der Waals surface area contributed by atoms with Crippen LogP contribution in [0.5, 0.6) is 0 Å². The monoisotopic (exact) mass is 1190 g/mol. The summed E-state index contributed by atoms with van der Waals surface area (Å²) in [5.41, 5.74) is 20.7. The molecule has 0 aliphatic carbocycles. The van der Waals surface area contributed by atoms with E-state index in [2.05, 4.69) is 318 Å². The predicted molar refractivity (Wildman–Crippen MR) is 380 cm³/mol. The number of benzene rings is 12. The lowest BCUT2D eigenvalue weighted by molar-refractivity contribution is 1.14. The van der Waals surface area contributed by atoms with Crippen molar-refractivity contribution >= 4 is 108 Å². The van der Waals surface area contributed by atoms with E-state index in [0.717, 1.165) is 55.8 Å². The van der Waals surface area contributed by atoms with Gasteiger partial charge in [0.25, 0.3) is 0 Å². The van der Waals surface area contributed by atoms with E-state index in [-0.39, 0.29) is 0 Å². The molecule has 0 saturated heterocycles. The van der Waals surface area contributed by atoms with E-state index in [9.17, 15) is 0 Å². The van der Waals surface area contributed by atoms with Gasteiger partial charge in [-0.15, -0.1) is 22.7 Å². The van der Waals surface area contributed by atoms with E-state index >= 15 is 0 Å². The van der Waals surface area contributed by atoms with Gasteiger partial charge >= 0.3 is 0 Å². The SMILES string of the molecule is c1ccc(-c2ccc(N(c3ccc(-c4ccnc5c4-c4ccccc4[SH]5c4cccc(N(c5ccc(-c6ccccc6)cc5)c5ccc(-c6ccc7sc8cnccc8c7c6)cc5)c4-c4ccccc4)cc3)c3ccc4sc5ccccc5c4c3)cc2)cc1. The molecule has 89 heavy (non-hydrogen) atoms. The number of fused-ring (bicyclic) bond motifs is 9. The number of thiophene rings is 2. The first kappa shape index (κ1) is 52.6. The molecule has 0 fully saturated rings. The van der Waals surface area contributed by atoms with Crippen molar-refractivity contribution in [3.05, 3.63) is 322 Å². The van der Waals surface area contributed by atoms with Crippen molar-refractivity contribution in [2.45, 2.75) is 14.8 Å². The molecule has 1 unspecified atom stereocenters. The molecular formula is C82H54N4S3. The van der Waals surface area contributed by atoms with Gasteiger partial charge in [0.05, 0.1) is 15.4 Å². The van der Waals surface area contributed by atoms with E-state index in [4.69, 9.17) is 4.98 Å².